The first kappa shape index (κ1) is 25.4. The van der Waals surface area contributed by atoms with E-state index in [1.165, 1.54) is 0 Å². The average molecular weight is 497 g/mol. The summed E-state index contributed by atoms with van der Waals surface area (Å²) >= 11 is 0. The fourth-order valence-electron chi connectivity index (χ4n) is 4.32. The Hall–Kier alpha value is -4.70. The fourth-order valence-corrected chi connectivity index (χ4v) is 4.32. The van der Waals surface area contributed by atoms with Crippen LogP contribution >= 0.6 is 0 Å². The van der Waals surface area contributed by atoms with Crippen LogP contribution in [-0.4, -0.2) is 39.6 Å². The number of para-hydroxylation sites is 4. The van der Waals surface area contributed by atoms with E-state index in [4.69, 9.17) is 23.7 Å². The van der Waals surface area contributed by atoms with E-state index in [0.29, 0.717) is 60.6 Å². The molecule has 0 N–H and O–H groups in total. The van der Waals surface area contributed by atoms with Gasteiger partial charge < -0.3 is 23.7 Å². The Bertz CT molecular complexity index is 1210. The zero-order valence-corrected chi connectivity index (χ0v) is 20.1. The minimum absolute atomic E-state index is 0.0196. The normalized spacial score (nSPS) is 18.9. The SMILES string of the molecule is N#CC1(C#N)CC2=C(COc3ccccc3OCCOCCOc3ccccc3OC2)CC1(C#N)C#N. The third kappa shape index (κ3) is 5.14. The topological polar surface area (TPSA) is 141 Å². The number of rotatable bonds is 0. The summed E-state index contributed by atoms with van der Waals surface area (Å²) < 4.78 is 29.4. The maximum absolute atomic E-state index is 9.96. The number of ether oxygens (including phenoxy) is 5. The van der Waals surface area contributed by atoms with E-state index in [2.05, 4.69) is 0 Å². The number of nitriles is 4. The van der Waals surface area contributed by atoms with Gasteiger partial charge in [0.1, 0.15) is 26.4 Å². The van der Waals surface area contributed by atoms with Gasteiger partial charge in [-0.25, -0.2) is 0 Å². The second kappa shape index (κ2) is 11.4. The van der Waals surface area contributed by atoms with Gasteiger partial charge in [-0.15, -0.1) is 0 Å². The lowest BCUT2D eigenvalue weighted by atomic mass is 9.57. The van der Waals surface area contributed by atoms with Crippen molar-refractivity contribution in [2.75, 3.05) is 39.6 Å². The number of hydrogen-bond donors (Lipinski definition) is 0. The minimum atomic E-state index is -1.86. The van der Waals surface area contributed by atoms with Gasteiger partial charge in [0.2, 0.25) is 0 Å². The van der Waals surface area contributed by atoms with Crippen LogP contribution in [0.2, 0.25) is 0 Å². The molecule has 0 saturated heterocycles. The molecule has 2 aromatic rings. The second-order valence-electron chi connectivity index (χ2n) is 8.60. The van der Waals surface area contributed by atoms with Gasteiger partial charge in [0.15, 0.2) is 33.8 Å². The maximum atomic E-state index is 9.96. The molecule has 2 aliphatic rings. The van der Waals surface area contributed by atoms with Crippen molar-refractivity contribution in [3.8, 4) is 47.3 Å². The predicted octanol–water partition coefficient (Wildman–Crippen LogP) is 4.09. The van der Waals surface area contributed by atoms with Crippen LogP contribution in [0.15, 0.2) is 59.7 Å². The van der Waals surface area contributed by atoms with Gasteiger partial charge in [0.25, 0.3) is 0 Å². The highest BCUT2D eigenvalue weighted by Gasteiger charge is 2.58. The molecule has 9 nitrogen and oxygen atoms in total. The second-order valence-corrected chi connectivity index (χ2v) is 8.60. The molecule has 0 atom stereocenters. The molecule has 0 fully saturated rings. The van der Waals surface area contributed by atoms with Crippen LogP contribution in [0.5, 0.6) is 23.0 Å². The Balaban J connectivity index is 1.74. The molecule has 4 rings (SSSR count). The molecule has 0 bridgehead atoms. The molecule has 1 aliphatic heterocycles. The lowest BCUT2D eigenvalue weighted by molar-refractivity contribution is 0.0748. The largest absolute Gasteiger partial charge is 0.487 e. The van der Waals surface area contributed by atoms with Gasteiger partial charge >= 0.3 is 0 Å². The smallest absolute Gasteiger partial charge is 0.179 e. The zero-order valence-electron chi connectivity index (χ0n) is 20.1. The lowest BCUT2D eigenvalue weighted by Gasteiger charge is -2.38. The molecule has 37 heavy (non-hydrogen) atoms. The van der Waals surface area contributed by atoms with Crippen molar-refractivity contribution in [2.45, 2.75) is 12.8 Å². The van der Waals surface area contributed by atoms with Crippen LogP contribution in [0.25, 0.3) is 0 Å². The Kier molecular flexibility index (Phi) is 7.80. The van der Waals surface area contributed by atoms with E-state index < -0.39 is 10.8 Å². The van der Waals surface area contributed by atoms with Crippen molar-refractivity contribution in [1.82, 2.24) is 0 Å². The molecule has 1 heterocycles. The predicted molar refractivity (Wildman–Crippen MR) is 129 cm³/mol. The first-order valence-electron chi connectivity index (χ1n) is 11.7. The number of hydrogen-bond acceptors (Lipinski definition) is 9. The minimum Gasteiger partial charge on any atom is -0.487 e. The lowest BCUT2D eigenvalue weighted by Crippen LogP contribution is -2.43. The molecule has 0 aromatic heterocycles. The van der Waals surface area contributed by atoms with Crippen molar-refractivity contribution in [1.29, 1.82) is 21.0 Å². The van der Waals surface area contributed by atoms with Crippen molar-refractivity contribution >= 4 is 0 Å². The van der Waals surface area contributed by atoms with E-state index in [9.17, 15) is 21.0 Å². The third-order valence-corrected chi connectivity index (χ3v) is 6.42. The van der Waals surface area contributed by atoms with Gasteiger partial charge in [0, 0.05) is 12.8 Å². The molecule has 0 radical (unpaired) electrons. The fraction of sp³-hybridized carbons (Fsp3) is 0.357. The monoisotopic (exact) mass is 496 g/mol. The highest BCUT2D eigenvalue weighted by atomic mass is 16.6. The molecule has 0 spiro atoms. The summed E-state index contributed by atoms with van der Waals surface area (Å²) in [4.78, 5) is 0. The highest BCUT2D eigenvalue weighted by Crippen LogP contribution is 2.52. The van der Waals surface area contributed by atoms with E-state index >= 15 is 0 Å². The van der Waals surface area contributed by atoms with Crippen LogP contribution < -0.4 is 18.9 Å². The summed E-state index contributed by atoms with van der Waals surface area (Å²) in [5.41, 5.74) is -2.48. The van der Waals surface area contributed by atoms with E-state index in [-0.39, 0.29) is 26.1 Å². The van der Waals surface area contributed by atoms with Crippen LogP contribution in [0.1, 0.15) is 12.8 Å². The quantitative estimate of drug-likeness (QED) is 0.493. The van der Waals surface area contributed by atoms with Crippen molar-refractivity contribution in [2.24, 2.45) is 10.8 Å². The summed E-state index contributed by atoms with van der Waals surface area (Å²) in [6.07, 6.45) is -0.260. The molecule has 9 heteroatoms. The molecule has 0 amide bonds. The molecular formula is C28H24N4O5. The van der Waals surface area contributed by atoms with Crippen molar-refractivity contribution in [3.63, 3.8) is 0 Å². The first-order chi connectivity index (χ1) is 18.1. The molecule has 186 valence electrons. The van der Waals surface area contributed by atoms with Crippen LogP contribution in [0.3, 0.4) is 0 Å². The van der Waals surface area contributed by atoms with E-state index in [1.54, 1.807) is 36.4 Å². The van der Waals surface area contributed by atoms with Crippen LogP contribution in [0.4, 0.5) is 0 Å². The van der Waals surface area contributed by atoms with Gasteiger partial charge in [-0.05, 0) is 35.4 Å². The summed E-state index contributed by atoms with van der Waals surface area (Å²) in [5.74, 6) is 1.99. The first-order valence-corrected chi connectivity index (χ1v) is 11.7. The highest BCUT2D eigenvalue weighted by molar-refractivity contribution is 5.46. The Labute approximate surface area is 215 Å². The third-order valence-electron chi connectivity index (χ3n) is 6.42. The molecule has 2 aromatic carbocycles. The van der Waals surface area contributed by atoms with Crippen molar-refractivity contribution < 1.29 is 23.7 Å². The van der Waals surface area contributed by atoms with Gasteiger partial charge in [0.05, 0.1) is 37.5 Å². The van der Waals surface area contributed by atoms with E-state index in [0.717, 1.165) is 0 Å². The Morgan fingerprint density at radius 2 is 0.865 bits per heavy atom. The van der Waals surface area contributed by atoms with Gasteiger partial charge in [-0.3, -0.25) is 0 Å². The van der Waals surface area contributed by atoms with Crippen LogP contribution in [0, 0.1) is 56.2 Å². The van der Waals surface area contributed by atoms with Crippen LogP contribution in [-0.2, 0) is 4.74 Å². The molecule has 0 saturated carbocycles. The molecular weight excluding hydrogens is 472 g/mol. The number of benzene rings is 2. The summed E-state index contributed by atoms with van der Waals surface area (Å²) in [6.45, 7) is 1.34. The number of nitrogens with zero attached hydrogens (tertiary/aromatic N) is 4. The Morgan fingerprint density at radius 1 is 0.514 bits per heavy atom. The van der Waals surface area contributed by atoms with E-state index in [1.807, 2.05) is 36.4 Å². The molecule has 1 aliphatic carbocycles. The summed E-state index contributed by atoms with van der Waals surface area (Å²) in [6, 6.07) is 22.1. The zero-order chi connectivity index (χ0) is 26.1. The average Bonchev–Trinajstić information content (AvgIpc) is 2.95. The van der Waals surface area contributed by atoms with Crippen molar-refractivity contribution in [3.05, 3.63) is 59.7 Å². The summed E-state index contributed by atoms with van der Waals surface area (Å²) in [7, 11) is 0. The van der Waals surface area contributed by atoms with Gasteiger partial charge in [-0.1, -0.05) is 24.3 Å². The number of fused-ring (bicyclic) bond motifs is 2. The Morgan fingerprint density at radius 3 is 1.22 bits per heavy atom. The maximum Gasteiger partial charge on any atom is 0.179 e. The summed E-state index contributed by atoms with van der Waals surface area (Å²) in [5, 5.41) is 39.8. The molecule has 0 unspecified atom stereocenters. The standard InChI is InChI=1S/C28H24N4O5/c29-17-27(18-30)13-21-15-36-25-7-3-1-5-23(25)34-11-9-33-10-12-35-24-6-2-4-8-26(24)37-16-22(21)14-28(27,19-31)20-32/h1-8H,9-16H2. The van der Waals surface area contributed by atoms with Gasteiger partial charge in [-0.2, -0.15) is 21.0 Å².